The molecule has 1 heterocycles. The van der Waals surface area contributed by atoms with Crippen molar-refractivity contribution in [1.82, 2.24) is 10.6 Å². The highest BCUT2D eigenvalue weighted by Crippen LogP contribution is 2.48. The third-order valence-corrected chi connectivity index (χ3v) is 3.66. The van der Waals surface area contributed by atoms with Crippen molar-refractivity contribution in [3.63, 3.8) is 0 Å². The number of amides is 1. The van der Waals surface area contributed by atoms with Crippen molar-refractivity contribution in [2.24, 2.45) is 16.3 Å². The molecule has 4 heteroatoms. The SMILES string of the molecule is CN=C1NC(=O)C2(CC(C)(C)CC2C)N1. The van der Waals surface area contributed by atoms with Crippen LogP contribution in [-0.2, 0) is 4.79 Å². The van der Waals surface area contributed by atoms with Crippen LogP contribution in [0.5, 0.6) is 0 Å². The summed E-state index contributed by atoms with van der Waals surface area (Å²) in [6, 6.07) is 0. The van der Waals surface area contributed by atoms with Gasteiger partial charge in [0.05, 0.1) is 0 Å². The smallest absolute Gasteiger partial charge is 0.252 e. The molecule has 4 nitrogen and oxygen atoms in total. The Morgan fingerprint density at radius 3 is 2.53 bits per heavy atom. The molecule has 2 atom stereocenters. The van der Waals surface area contributed by atoms with E-state index in [1.807, 2.05) is 0 Å². The van der Waals surface area contributed by atoms with Gasteiger partial charge in [-0.3, -0.25) is 15.1 Å². The molecule has 2 aliphatic rings. The highest BCUT2D eigenvalue weighted by Gasteiger charge is 2.57. The molecule has 0 aromatic carbocycles. The van der Waals surface area contributed by atoms with Gasteiger partial charge in [0.1, 0.15) is 5.54 Å². The number of nitrogens with zero attached hydrogens (tertiary/aromatic N) is 1. The van der Waals surface area contributed by atoms with Gasteiger partial charge in [-0.25, -0.2) is 0 Å². The summed E-state index contributed by atoms with van der Waals surface area (Å²) in [6.07, 6.45) is 1.95. The molecule has 15 heavy (non-hydrogen) atoms. The van der Waals surface area contributed by atoms with E-state index in [-0.39, 0.29) is 11.3 Å². The molecule has 84 valence electrons. The maximum atomic E-state index is 12.0. The van der Waals surface area contributed by atoms with Gasteiger partial charge in [0.2, 0.25) is 0 Å². The van der Waals surface area contributed by atoms with E-state index in [0.29, 0.717) is 11.9 Å². The minimum atomic E-state index is -0.418. The van der Waals surface area contributed by atoms with Gasteiger partial charge >= 0.3 is 0 Å². The van der Waals surface area contributed by atoms with Crippen LogP contribution >= 0.6 is 0 Å². The van der Waals surface area contributed by atoms with E-state index in [1.54, 1.807) is 7.05 Å². The number of hydrogen-bond donors (Lipinski definition) is 2. The maximum absolute atomic E-state index is 12.0. The summed E-state index contributed by atoms with van der Waals surface area (Å²) in [6.45, 7) is 6.57. The first kappa shape index (κ1) is 10.5. The van der Waals surface area contributed by atoms with Gasteiger partial charge in [0.25, 0.3) is 5.91 Å². The van der Waals surface area contributed by atoms with Gasteiger partial charge < -0.3 is 5.32 Å². The van der Waals surface area contributed by atoms with Crippen LogP contribution in [0.15, 0.2) is 4.99 Å². The fourth-order valence-corrected chi connectivity index (χ4v) is 3.11. The Labute approximate surface area is 90.5 Å². The van der Waals surface area contributed by atoms with E-state index in [9.17, 15) is 4.79 Å². The topological polar surface area (TPSA) is 53.5 Å². The lowest BCUT2D eigenvalue weighted by atomic mass is 9.86. The first-order valence-corrected chi connectivity index (χ1v) is 5.46. The van der Waals surface area contributed by atoms with Crippen molar-refractivity contribution < 1.29 is 4.79 Å². The highest BCUT2D eigenvalue weighted by atomic mass is 16.2. The number of carbonyl (C=O) groups excluding carboxylic acids is 1. The standard InChI is InChI=1S/C11H19N3O/c1-7-5-10(2,3)6-11(7)8(15)13-9(12-4)14-11/h7H,5-6H2,1-4H3,(H2,12,13,14,15). The molecule has 1 saturated heterocycles. The lowest BCUT2D eigenvalue weighted by Crippen LogP contribution is -2.49. The van der Waals surface area contributed by atoms with Crippen LogP contribution < -0.4 is 10.6 Å². The fraction of sp³-hybridized carbons (Fsp3) is 0.818. The number of aliphatic imine (C=N–C) groups is 1. The highest BCUT2D eigenvalue weighted by molar-refractivity contribution is 6.09. The van der Waals surface area contributed by atoms with Crippen LogP contribution in [0.25, 0.3) is 0 Å². The summed E-state index contributed by atoms with van der Waals surface area (Å²) in [4.78, 5) is 16.0. The van der Waals surface area contributed by atoms with Gasteiger partial charge in [-0.05, 0) is 24.2 Å². The molecule has 1 aliphatic heterocycles. The van der Waals surface area contributed by atoms with E-state index in [0.717, 1.165) is 12.8 Å². The summed E-state index contributed by atoms with van der Waals surface area (Å²) < 4.78 is 0. The molecule has 2 rings (SSSR count). The predicted molar refractivity (Wildman–Crippen MR) is 59.5 cm³/mol. The second-order valence-electron chi connectivity index (χ2n) is 5.57. The van der Waals surface area contributed by atoms with Crippen LogP contribution in [0.3, 0.4) is 0 Å². The molecule has 1 amide bonds. The lowest BCUT2D eigenvalue weighted by molar-refractivity contribution is -0.125. The van der Waals surface area contributed by atoms with E-state index in [4.69, 9.17) is 0 Å². The Bertz CT molecular complexity index is 335. The number of nitrogens with one attached hydrogen (secondary N) is 2. The van der Waals surface area contributed by atoms with Crippen LogP contribution in [-0.4, -0.2) is 24.5 Å². The molecule has 2 unspecified atom stereocenters. The average Bonchev–Trinajstić information content (AvgIpc) is 2.53. The molecule has 1 aliphatic carbocycles. The Kier molecular flexibility index (Phi) is 2.07. The summed E-state index contributed by atoms with van der Waals surface area (Å²) in [7, 11) is 1.69. The molecule has 1 spiro atoms. The summed E-state index contributed by atoms with van der Waals surface area (Å²) in [5, 5.41) is 6.06. The van der Waals surface area contributed by atoms with Gasteiger partial charge in [-0.15, -0.1) is 0 Å². The second kappa shape index (κ2) is 2.97. The quantitative estimate of drug-likeness (QED) is 0.622. The number of guanidine groups is 1. The molecule has 0 aromatic rings. The Balaban J connectivity index is 2.32. The Morgan fingerprint density at radius 2 is 2.13 bits per heavy atom. The summed E-state index contributed by atoms with van der Waals surface area (Å²) in [5.41, 5.74) is -0.189. The van der Waals surface area contributed by atoms with E-state index < -0.39 is 5.54 Å². The Hall–Kier alpha value is -1.06. The van der Waals surface area contributed by atoms with Crippen molar-refractivity contribution >= 4 is 11.9 Å². The van der Waals surface area contributed by atoms with Gasteiger partial charge in [-0.2, -0.15) is 0 Å². The second-order valence-corrected chi connectivity index (χ2v) is 5.57. The largest absolute Gasteiger partial charge is 0.341 e. The minimum absolute atomic E-state index is 0.0844. The van der Waals surface area contributed by atoms with Crippen LogP contribution in [0.4, 0.5) is 0 Å². The minimum Gasteiger partial charge on any atom is -0.341 e. The van der Waals surface area contributed by atoms with Crippen LogP contribution in [0.2, 0.25) is 0 Å². The number of hydrogen-bond acceptors (Lipinski definition) is 2. The van der Waals surface area contributed by atoms with E-state index in [1.165, 1.54) is 0 Å². The average molecular weight is 209 g/mol. The van der Waals surface area contributed by atoms with E-state index in [2.05, 4.69) is 36.4 Å². The molecule has 0 radical (unpaired) electrons. The molecule has 2 N–H and O–H groups in total. The third kappa shape index (κ3) is 1.43. The van der Waals surface area contributed by atoms with Gasteiger partial charge in [0, 0.05) is 7.05 Å². The summed E-state index contributed by atoms with van der Waals surface area (Å²) >= 11 is 0. The van der Waals surface area contributed by atoms with Crippen molar-refractivity contribution in [3.05, 3.63) is 0 Å². The predicted octanol–water partition coefficient (Wildman–Crippen LogP) is 0.886. The monoisotopic (exact) mass is 209 g/mol. The number of carbonyl (C=O) groups is 1. The zero-order valence-corrected chi connectivity index (χ0v) is 9.85. The van der Waals surface area contributed by atoms with Gasteiger partial charge in [-0.1, -0.05) is 20.8 Å². The molecule has 2 fully saturated rings. The first-order valence-electron chi connectivity index (χ1n) is 5.46. The van der Waals surface area contributed by atoms with Crippen molar-refractivity contribution in [2.75, 3.05) is 7.05 Å². The first-order chi connectivity index (χ1) is 6.89. The van der Waals surface area contributed by atoms with Crippen molar-refractivity contribution in [3.8, 4) is 0 Å². The zero-order chi connectivity index (χ0) is 11.3. The summed E-state index contributed by atoms with van der Waals surface area (Å²) in [5.74, 6) is 1.05. The third-order valence-electron chi connectivity index (χ3n) is 3.66. The van der Waals surface area contributed by atoms with Crippen molar-refractivity contribution in [1.29, 1.82) is 0 Å². The van der Waals surface area contributed by atoms with E-state index >= 15 is 0 Å². The number of rotatable bonds is 0. The molecule has 0 aromatic heterocycles. The maximum Gasteiger partial charge on any atom is 0.252 e. The Morgan fingerprint density at radius 1 is 1.47 bits per heavy atom. The normalized spacial score (nSPS) is 40.9. The van der Waals surface area contributed by atoms with Gasteiger partial charge in [0.15, 0.2) is 5.96 Å². The molecule has 0 bridgehead atoms. The van der Waals surface area contributed by atoms with Crippen LogP contribution in [0.1, 0.15) is 33.6 Å². The zero-order valence-electron chi connectivity index (χ0n) is 9.85. The lowest BCUT2D eigenvalue weighted by Gasteiger charge is -2.26. The van der Waals surface area contributed by atoms with Crippen LogP contribution in [0, 0.1) is 11.3 Å². The molecule has 1 saturated carbocycles. The molecular weight excluding hydrogens is 190 g/mol. The molecular formula is C11H19N3O. The van der Waals surface area contributed by atoms with Crippen molar-refractivity contribution in [2.45, 2.75) is 39.2 Å². The fourth-order valence-electron chi connectivity index (χ4n) is 3.11.